The van der Waals surface area contributed by atoms with Crippen LogP contribution in [0.5, 0.6) is 5.75 Å². The van der Waals surface area contributed by atoms with E-state index in [1.807, 2.05) is 6.07 Å². The van der Waals surface area contributed by atoms with E-state index in [-0.39, 0.29) is 17.2 Å². The second-order valence-corrected chi connectivity index (χ2v) is 8.66. The lowest BCUT2D eigenvalue weighted by Gasteiger charge is -2.25. The predicted octanol–water partition coefficient (Wildman–Crippen LogP) is 1.75. The summed E-state index contributed by atoms with van der Waals surface area (Å²) < 4.78 is 35.3. The molecule has 1 aliphatic rings. The summed E-state index contributed by atoms with van der Waals surface area (Å²) in [5, 5.41) is 4.24. The van der Waals surface area contributed by atoms with Crippen LogP contribution in [0.1, 0.15) is 19.3 Å². The molecule has 1 aromatic carbocycles. The fourth-order valence-corrected chi connectivity index (χ4v) is 4.84. The Morgan fingerprint density at radius 1 is 1.00 bits per heavy atom. The van der Waals surface area contributed by atoms with Gasteiger partial charge in [0.2, 0.25) is 10.0 Å². The van der Waals surface area contributed by atoms with Crippen molar-refractivity contribution in [3.63, 3.8) is 0 Å². The third-order valence-corrected chi connectivity index (χ3v) is 6.75. The molecule has 0 atom stereocenters. The maximum Gasteiger partial charge on any atom is 0.350 e. The van der Waals surface area contributed by atoms with E-state index in [0.29, 0.717) is 31.0 Å². The number of rotatable bonds is 6. The normalized spacial score (nSPS) is 15.7. The standard InChI is InChI=1S/C19H22N4O4S/c24-19-22-13-5-2-6-18(22)20-23(19)14-15-27-16-7-9-17(10-8-16)28(25,26)21-11-3-1-4-12-21/h2,5-10,13H,1,3-4,11-12,14-15H2. The van der Waals surface area contributed by atoms with Crippen molar-refractivity contribution in [1.82, 2.24) is 18.5 Å². The summed E-state index contributed by atoms with van der Waals surface area (Å²) >= 11 is 0. The van der Waals surface area contributed by atoms with Gasteiger partial charge in [0.15, 0.2) is 5.65 Å². The fourth-order valence-electron chi connectivity index (χ4n) is 3.33. The lowest BCUT2D eigenvalue weighted by atomic mass is 10.2. The number of benzene rings is 1. The summed E-state index contributed by atoms with van der Waals surface area (Å²) in [5.41, 5.74) is 0.363. The van der Waals surface area contributed by atoms with Crippen LogP contribution < -0.4 is 10.4 Å². The topological polar surface area (TPSA) is 85.9 Å². The SMILES string of the molecule is O=c1n(CCOc2ccc(S(=O)(=O)N3CCCCC3)cc2)nc2ccccn12. The lowest BCUT2D eigenvalue weighted by molar-refractivity contribution is 0.289. The Hall–Kier alpha value is -2.65. The van der Waals surface area contributed by atoms with Crippen LogP contribution in [0.2, 0.25) is 0 Å². The van der Waals surface area contributed by atoms with Gasteiger partial charge in [0.1, 0.15) is 12.4 Å². The van der Waals surface area contributed by atoms with E-state index in [2.05, 4.69) is 5.10 Å². The van der Waals surface area contributed by atoms with Gasteiger partial charge in [0.05, 0.1) is 11.4 Å². The van der Waals surface area contributed by atoms with E-state index < -0.39 is 10.0 Å². The number of hydrogen-bond acceptors (Lipinski definition) is 5. The molecule has 8 nitrogen and oxygen atoms in total. The summed E-state index contributed by atoms with van der Waals surface area (Å²) in [4.78, 5) is 12.5. The van der Waals surface area contributed by atoms with E-state index >= 15 is 0 Å². The molecule has 1 saturated heterocycles. The molecule has 28 heavy (non-hydrogen) atoms. The highest BCUT2D eigenvalue weighted by Crippen LogP contribution is 2.22. The van der Waals surface area contributed by atoms with Gasteiger partial charge in [-0.05, 0) is 49.2 Å². The molecular formula is C19H22N4O4S. The first-order chi connectivity index (χ1) is 13.6. The van der Waals surface area contributed by atoms with Gasteiger partial charge in [-0.25, -0.2) is 17.9 Å². The third-order valence-electron chi connectivity index (χ3n) is 4.84. The molecule has 0 aliphatic carbocycles. The largest absolute Gasteiger partial charge is 0.492 e. The maximum absolute atomic E-state index is 12.7. The number of sulfonamides is 1. The van der Waals surface area contributed by atoms with Crippen molar-refractivity contribution in [2.75, 3.05) is 19.7 Å². The molecule has 4 rings (SSSR count). The van der Waals surface area contributed by atoms with E-state index in [0.717, 1.165) is 19.3 Å². The van der Waals surface area contributed by atoms with Crippen molar-refractivity contribution in [1.29, 1.82) is 0 Å². The second kappa shape index (κ2) is 7.76. The Kier molecular flexibility index (Phi) is 5.19. The average molecular weight is 402 g/mol. The van der Waals surface area contributed by atoms with Gasteiger partial charge in [-0.1, -0.05) is 12.5 Å². The molecule has 0 saturated carbocycles. The second-order valence-electron chi connectivity index (χ2n) is 6.72. The first-order valence-electron chi connectivity index (χ1n) is 9.33. The van der Waals surface area contributed by atoms with Gasteiger partial charge in [0, 0.05) is 19.3 Å². The molecule has 0 N–H and O–H groups in total. The third kappa shape index (κ3) is 3.67. The van der Waals surface area contributed by atoms with Gasteiger partial charge >= 0.3 is 5.69 Å². The summed E-state index contributed by atoms with van der Waals surface area (Å²) in [6.45, 7) is 1.71. The van der Waals surface area contributed by atoms with Crippen LogP contribution in [-0.2, 0) is 16.6 Å². The van der Waals surface area contributed by atoms with Gasteiger partial charge < -0.3 is 4.74 Å². The number of ether oxygens (including phenoxy) is 1. The molecule has 0 radical (unpaired) electrons. The zero-order chi connectivity index (χ0) is 19.6. The minimum absolute atomic E-state index is 0.220. The number of fused-ring (bicyclic) bond motifs is 1. The minimum atomic E-state index is -3.44. The molecule has 2 aromatic heterocycles. The molecule has 9 heteroatoms. The van der Waals surface area contributed by atoms with Crippen LogP contribution in [0, 0.1) is 0 Å². The molecule has 0 bridgehead atoms. The number of piperidine rings is 1. The van der Waals surface area contributed by atoms with E-state index in [9.17, 15) is 13.2 Å². The minimum Gasteiger partial charge on any atom is -0.492 e. The van der Waals surface area contributed by atoms with Gasteiger partial charge in [0.25, 0.3) is 0 Å². The molecular weight excluding hydrogens is 380 g/mol. The Morgan fingerprint density at radius 2 is 1.75 bits per heavy atom. The number of aromatic nitrogens is 3. The van der Waals surface area contributed by atoms with Crippen LogP contribution in [0.25, 0.3) is 5.65 Å². The highest BCUT2D eigenvalue weighted by molar-refractivity contribution is 7.89. The Balaban J connectivity index is 1.39. The van der Waals surface area contributed by atoms with E-state index in [1.165, 1.54) is 9.08 Å². The van der Waals surface area contributed by atoms with E-state index in [1.54, 1.807) is 46.9 Å². The highest BCUT2D eigenvalue weighted by atomic mass is 32.2. The molecule has 1 aliphatic heterocycles. The quantitative estimate of drug-likeness (QED) is 0.627. The molecule has 148 valence electrons. The van der Waals surface area contributed by atoms with Crippen LogP contribution in [-0.4, -0.2) is 46.6 Å². The molecule has 3 heterocycles. The zero-order valence-corrected chi connectivity index (χ0v) is 16.2. The number of hydrogen-bond donors (Lipinski definition) is 0. The van der Waals surface area contributed by atoms with Crippen molar-refractivity contribution in [3.05, 3.63) is 59.1 Å². The fraction of sp³-hybridized carbons (Fsp3) is 0.368. The smallest absolute Gasteiger partial charge is 0.350 e. The van der Waals surface area contributed by atoms with Crippen molar-refractivity contribution in [3.8, 4) is 5.75 Å². The molecule has 0 spiro atoms. The van der Waals surface area contributed by atoms with Crippen LogP contribution in [0.4, 0.5) is 0 Å². The van der Waals surface area contributed by atoms with Gasteiger partial charge in [-0.3, -0.25) is 4.40 Å². The molecule has 1 fully saturated rings. The zero-order valence-electron chi connectivity index (χ0n) is 15.4. The van der Waals surface area contributed by atoms with Crippen molar-refractivity contribution >= 4 is 15.7 Å². The van der Waals surface area contributed by atoms with Gasteiger partial charge in [-0.2, -0.15) is 4.31 Å². The van der Waals surface area contributed by atoms with Crippen molar-refractivity contribution < 1.29 is 13.2 Å². The summed E-state index contributed by atoms with van der Waals surface area (Å²) in [6, 6.07) is 11.8. The lowest BCUT2D eigenvalue weighted by Crippen LogP contribution is -2.35. The van der Waals surface area contributed by atoms with E-state index in [4.69, 9.17) is 4.74 Å². The first-order valence-corrected chi connectivity index (χ1v) is 10.8. The van der Waals surface area contributed by atoms with Crippen molar-refractivity contribution in [2.24, 2.45) is 0 Å². The van der Waals surface area contributed by atoms with Crippen molar-refractivity contribution in [2.45, 2.75) is 30.7 Å². The molecule has 0 unspecified atom stereocenters. The Labute approximate surface area is 163 Å². The molecule has 0 amide bonds. The summed E-state index contributed by atoms with van der Waals surface area (Å²) in [6.07, 6.45) is 4.56. The number of nitrogens with zero attached hydrogens (tertiary/aromatic N) is 4. The van der Waals surface area contributed by atoms with Crippen LogP contribution in [0.15, 0.2) is 58.4 Å². The first kappa shape index (κ1) is 18.7. The Bertz CT molecular complexity index is 1110. The predicted molar refractivity (Wildman–Crippen MR) is 104 cm³/mol. The number of pyridine rings is 1. The molecule has 3 aromatic rings. The monoisotopic (exact) mass is 402 g/mol. The Morgan fingerprint density at radius 3 is 2.46 bits per heavy atom. The average Bonchev–Trinajstić information content (AvgIpc) is 3.05. The van der Waals surface area contributed by atoms with Gasteiger partial charge in [-0.15, -0.1) is 5.10 Å². The van der Waals surface area contributed by atoms with Crippen LogP contribution in [0.3, 0.4) is 0 Å². The van der Waals surface area contributed by atoms with Crippen LogP contribution >= 0.6 is 0 Å². The maximum atomic E-state index is 12.7. The summed E-state index contributed by atoms with van der Waals surface area (Å²) in [7, 11) is -3.44. The highest BCUT2D eigenvalue weighted by Gasteiger charge is 2.25. The summed E-state index contributed by atoms with van der Waals surface area (Å²) in [5.74, 6) is 0.550.